The van der Waals surface area contributed by atoms with E-state index in [9.17, 15) is 4.79 Å². The van der Waals surface area contributed by atoms with Crippen LogP contribution < -0.4 is 10.6 Å². The predicted molar refractivity (Wildman–Crippen MR) is 78.2 cm³/mol. The first kappa shape index (κ1) is 17.7. The Morgan fingerprint density at radius 1 is 1.39 bits per heavy atom. The summed E-state index contributed by atoms with van der Waals surface area (Å²) in [4.78, 5) is 13.7. The lowest BCUT2D eigenvalue weighted by molar-refractivity contribution is -0.122. The maximum absolute atomic E-state index is 11.6. The number of rotatable bonds is 6. The summed E-state index contributed by atoms with van der Waals surface area (Å²) in [5.41, 5.74) is 0. The Morgan fingerprint density at radius 3 is 2.56 bits per heavy atom. The van der Waals surface area contributed by atoms with Crippen LogP contribution >= 0.6 is 12.4 Å². The average molecular weight is 278 g/mol. The molecule has 0 bridgehead atoms. The van der Waals surface area contributed by atoms with Crippen molar-refractivity contribution in [2.24, 2.45) is 5.92 Å². The number of piperidine rings is 1. The summed E-state index contributed by atoms with van der Waals surface area (Å²) in [6, 6.07) is 0.236. The van der Waals surface area contributed by atoms with Gasteiger partial charge in [0.2, 0.25) is 5.91 Å². The number of likely N-dealkylation sites (N-methyl/N-ethyl adjacent to an activating group) is 1. The average Bonchev–Trinajstić information content (AvgIpc) is 2.26. The molecule has 4 nitrogen and oxygen atoms in total. The van der Waals surface area contributed by atoms with Crippen LogP contribution in [0.2, 0.25) is 0 Å². The van der Waals surface area contributed by atoms with Crippen molar-refractivity contribution < 1.29 is 4.79 Å². The second-order valence-corrected chi connectivity index (χ2v) is 5.44. The lowest BCUT2D eigenvalue weighted by Gasteiger charge is -2.25. The fourth-order valence-corrected chi connectivity index (χ4v) is 2.27. The van der Waals surface area contributed by atoms with E-state index >= 15 is 0 Å². The molecule has 1 fully saturated rings. The molecule has 0 aromatic heterocycles. The molecule has 0 atom stereocenters. The van der Waals surface area contributed by atoms with Crippen LogP contribution in [0.25, 0.3) is 0 Å². The Kier molecular flexibility index (Phi) is 9.42. The van der Waals surface area contributed by atoms with E-state index in [-0.39, 0.29) is 24.4 Å². The standard InChI is InChI=1S/C13H27N3O.ClH/c1-11(2)15-13(17)10-16(3)9-6-12-4-7-14-8-5-12;/h11-12,14H,4-10H2,1-3H3,(H,15,17);1H. The fraction of sp³-hybridized carbons (Fsp3) is 0.923. The van der Waals surface area contributed by atoms with Gasteiger partial charge in [0, 0.05) is 6.04 Å². The van der Waals surface area contributed by atoms with Crippen LogP contribution in [0.1, 0.15) is 33.1 Å². The second-order valence-electron chi connectivity index (χ2n) is 5.44. The van der Waals surface area contributed by atoms with E-state index in [0.717, 1.165) is 25.6 Å². The Hall–Kier alpha value is -0.320. The smallest absolute Gasteiger partial charge is 0.234 e. The molecule has 1 rings (SSSR count). The van der Waals surface area contributed by atoms with Gasteiger partial charge in [-0.05, 0) is 65.7 Å². The van der Waals surface area contributed by atoms with E-state index in [4.69, 9.17) is 0 Å². The number of nitrogens with zero attached hydrogens (tertiary/aromatic N) is 1. The van der Waals surface area contributed by atoms with Gasteiger partial charge in [-0.2, -0.15) is 0 Å². The summed E-state index contributed by atoms with van der Waals surface area (Å²) in [6.45, 7) is 7.84. The molecule has 5 heteroatoms. The van der Waals surface area contributed by atoms with E-state index in [0.29, 0.717) is 6.54 Å². The third kappa shape index (κ3) is 7.90. The van der Waals surface area contributed by atoms with Crippen molar-refractivity contribution >= 4 is 18.3 Å². The molecule has 1 aliphatic rings. The minimum absolute atomic E-state index is 0. The van der Waals surface area contributed by atoms with Gasteiger partial charge in [0.05, 0.1) is 6.54 Å². The Morgan fingerprint density at radius 2 is 2.00 bits per heavy atom. The molecule has 108 valence electrons. The van der Waals surface area contributed by atoms with Gasteiger partial charge >= 0.3 is 0 Å². The third-order valence-electron chi connectivity index (χ3n) is 3.24. The van der Waals surface area contributed by atoms with Crippen molar-refractivity contribution in [3.8, 4) is 0 Å². The summed E-state index contributed by atoms with van der Waals surface area (Å²) in [6.07, 6.45) is 3.78. The lowest BCUT2D eigenvalue weighted by Crippen LogP contribution is -2.39. The van der Waals surface area contributed by atoms with Gasteiger partial charge in [-0.3, -0.25) is 9.69 Å². The zero-order valence-corrected chi connectivity index (χ0v) is 12.7. The zero-order valence-electron chi connectivity index (χ0n) is 11.9. The lowest BCUT2D eigenvalue weighted by atomic mass is 9.94. The maximum Gasteiger partial charge on any atom is 0.234 e. The van der Waals surface area contributed by atoms with Crippen molar-refractivity contribution in [3.05, 3.63) is 0 Å². The molecular weight excluding hydrogens is 250 g/mol. The summed E-state index contributed by atoms with van der Waals surface area (Å²) in [5, 5.41) is 6.30. The molecule has 1 heterocycles. The highest BCUT2D eigenvalue weighted by molar-refractivity contribution is 5.85. The molecule has 0 saturated carbocycles. The molecule has 0 aromatic rings. The highest BCUT2D eigenvalue weighted by Gasteiger charge is 2.14. The largest absolute Gasteiger partial charge is 0.353 e. The molecule has 0 aliphatic carbocycles. The van der Waals surface area contributed by atoms with Crippen LogP contribution in [-0.4, -0.2) is 50.1 Å². The van der Waals surface area contributed by atoms with Crippen LogP contribution in [-0.2, 0) is 4.79 Å². The van der Waals surface area contributed by atoms with Gasteiger partial charge < -0.3 is 10.6 Å². The van der Waals surface area contributed by atoms with Crippen molar-refractivity contribution in [1.29, 1.82) is 0 Å². The third-order valence-corrected chi connectivity index (χ3v) is 3.24. The van der Waals surface area contributed by atoms with Gasteiger partial charge in [-0.1, -0.05) is 0 Å². The second kappa shape index (κ2) is 9.59. The number of carbonyl (C=O) groups excluding carboxylic acids is 1. The molecule has 2 N–H and O–H groups in total. The molecule has 18 heavy (non-hydrogen) atoms. The minimum Gasteiger partial charge on any atom is -0.353 e. The highest BCUT2D eigenvalue weighted by atomic mass is 35.5. The van der Waals surface area contributed by atoms with Crippen molar-refractivity contribution in [2.75, 3.05) is 33.2 Å². The summed E-state index contributed by atoms with van der Waals surface area (Å²) in [7, 11) is 2.03. The van der Waals surface area contributed by atoms with Gasteiger partial charge in [-0.15, -0.1) is 12.4 Å². The SMILES string of the molecule is CC(C)NC(=O)CN(C)CCC1CCNCC1.Cl. The van der Waals surface area contributed by atoms with Gasteiger partial charge in [0.25, 0.3) is 0 Å². The Bertz CT molecular complexity index is 230. The molecule has 1 saturated heterocycles. The van der Waals surface area contributed by atoms with E-state index in [1.807, 2.05) is 20.9 Å². The molecule has 1 aliphatic heterocycles. The van der Waals surface area contributed by atoms with Crippen LogP contribution in [0.15, 0.2) is 0 Å². The number of hydrogen-bond donors (Lipinski definition) is 2. The normalized spacial score (nSPS) is 16.7. The summed E-state index contributed by atoms with van der Waals surface area (Å²) >= 11 is 0. The first-order valence-electron chi connectivity index (χ1n) is 6.76. The molecule has 0 radical (unpaired) electrons. The number of amides is 1. The Balaban J connectivity index is 0.00000289. The first-order chi connectivity index (χ1) is 8.08. The summed E-state index contributed by atoms with van der Waals surface area (Å²) in [5.74, 6) is 0.972. The van der Waals surface area contributed by atoms with Crippen molar-refractivity contribution in [3.63, 3.8) is 0 Å². The van der Waals surface area contributed by atoms with Gasteiger partial charge in [0.1, 0.15) is 0 Å². The molecule has 0 aromatic carbocycles. The molecule has 1 amide bonds. The van der Waals surface area contributed by atoms with Gasteiger partial charge in [-0.25, -0.2) is 0 Å². The van der Waals surface area contributed by atoms with E-state index in [1.165, 1.54) is 19.3 Å². The van der Waals surface area contributed by atoms with Crippen LogP contribution in [0.5, 0.6) is 0 Å². The Labute approximate surface area is 117 Å². The number of nitrogens with one attached hydrogen (secondary N) is 2. The maximum atomic E-state index is 11.6. The molecule has 0 spiro atoms. The quantitative estimate of drug-likeness (QED) is 0.768. The predicted octanol–water partition coefficient (Wildman–Crippen LogP) is 1.25. The molecular formula is C13H28ClN3O. The van der Waals surface area contributed by atoms with Crippen LogP contribution in [0.3, 0.4) is 0 Å². The van der Waals surface area contributed by atoms with E-state index < -0.39 is 0 Å². The highest BCUT2D eigenvalue weighted by Crippen LogP contribution is 2.15. The van der Waals surface area contributed by atoms with E-state index in [1.54, 1.807) is 0 Å². The van der Waals surface area contributed by atoms with Crippen molar-refractivity contribution in [1.82, 2.24) is 15.5 Å². The number of halogens is 1. The summed E-state index contributed by atoms with van der Waals surface area (Å²) < 4.78 is 0. The minimum atomic E-state index is 0. The van der Waals surface area contributed by atoms with E-state index in [2.05, 4.69) is 15.5 Å². The number of hydrogen-bond acceptors (Lipinski definition) is 3. The number of carbonyl (C=O) groups is 1. The monoisotopic (exact) mass is 277 g/mol. The topological polar surface area (TPSA) is 44.4 Å². The van der Waals surface area contributed by atoms with Crippen LogP contribution in [0.4, 0.5) is 0 Å². The van der Waals surface area contributed by atoms with Crippen LogP contribution in [0, 0.1) is 5.92 Å². The first-order valence-corrected chi connectivity index (χ1v) is 6.76. The fourth-order valence-electron chi connectivity index (χ4n) is 2.27. The van der Waals surface area contributed by atoms with Gasteiger partial charge in [0.15, 0.2) is 0 Å². The van der Waals surface area contributed by atoms with Crippen molar-refractivity contribution in [2.45, 2.75) is 39.2 Å². The molecule has 0 unspecified atom stereocenters. The zero-order chi connectivity index (χ0) is 12.7.